The number of carbonyl (C=O) groups is 1. The molecule has 6 nitrogen and oxygen atoms in total. The number of phenols is 1. The molecular formula is C12H17NO5. The first-order valence-corrected chi connectivity index (χ1v) is 5.48. The van der Waals surface area contributed by atoms with Crippen molar-refractivity contribution in [3.05, 3.63) is 17.7 Å². The molecule has 1 rings (SSSR count). The maximum absolute atomic E-state index is 11.8. The summed E-state index contributed by atoms with van der Waals surface area (Å²) in [5.41, 5.74) is 0.102. The quantitative estimate of drug-likeness (QED) is 0.645. The van der Waals surface area contributed by atoms with Crippen LogP contribution in [-0.2, 0) is 0 Å². The molecule has 0 fully saturated rings. The number of methoxy groups -OCH3 is 2. The first-order valence-electron chi connectivity index (χ1n) is 5.48. The van der Waals surface area contributed by atoms with Gasteiger partial charge in [0.15, 0.2) is 11.5 Å². The van der Waals surface area contributed by atoms with Gasteiger partial charge in [0.25, 0.3) is 5.91 Å². The van der Waals surface area contributed by atoms with Crippen molar-refractivity contribution in [3.8, 4) is 17.2 Å². The third-order valence-corrected chi connectivity index (χ3v) is 2.37. The number of phenolic OH excluding ortho intramolecular Hbond substituents is 1. The molecule has 0 radical (unpaired) electrons. The molecule has 0 aliphatic rings. The van der Waals surface area contributed by atoms with E-state index in [2.05, 4.69) is 5.32 Å². The van der Waals surface area contributed by atoms with Crippen molar-refractivity contribution in [2.45, 2.75) is 6.42 Å². The SMILES string of the molecule is COc1cc(O)c(C(=O)NCCCO)cc1OC. The number of nitrogens with one attached hydrogen (secondary N) is 1. The van der Waals surface area contributed by atoms with Crippen LogP contribution in [0.1, 0.15) is 16.8 Å². The van der Waals surface area contributed by atoms with Crippen LogP contribution in [0.2, 0.25) is 0 Å². The van der Waals surface area contributed by atoms with Crippen molar-refractivity contribution in [2.24, 2.45) is 0 Å². The van der Waals surface area contributed by atoms with Gasteiger partial charge >= 0.3 is 0 Å². The predicted octanol–water partition coefficient (Wildman–Crippen LogP) is 0.522. The van der Waals surface area contributed by atoms with E-state index in [4.69, 9.17) is 14.6 Å². The van der Waals surface area contributed by atoms with Crippen LogP contribution in [0.4, 0.5) is 0 Å². The van der Waals surface area contributed by atoms with Crippen molar-refractivity contribution in [3.63, 3.8) is 0 Å². The second kappa shape index (κ2) is 6.70. The fourth-order valence-electron chi connectivity index (χ4n) is 1.43. The summed E-state index contributed by atoms with van der Waals surface area (Å²) in [6, 6.07) is 2.72. The summed E-state index contributed by atoms with van der Waals surface area (Å²) in [7, 11) is 2.89. The van der Waals surface area contributed by atoms with Gasteiger partial charge in [0.1, 0.15) is 5.75 Å². The van der Waals surface area contributed by atoms with E-state index < -0.39 is 5.91 Å². The Hall–Kier alpha value is -1.95. The second-order valence-corrected chi connectivity index (χ2v) is 3.56. The first kappa shape index (κ1) is 14.1. The minimum absolute atomic E-state index is 0.00179. The summed E-state index contributed by atoms with van der Waals surface area (Å²) in [6.45, 7) is 0.335. The van der Waals surface area contributed by atoms with E-state index in [0.717, 1.165) is 0 Å². The average molecular weight is 255 g/mol. The average Bonchev–Trinajstić information content (AvgIpc) is 2.38. The van der Waals surface area contributed by atoms with Crippen LogP contribution < -0.4 is 14.8 Å². The van der Waals surface area contributed by atoms with E-state index in [-0.39, 0.29) is 17.9 Å². The summed E-state index contributed by atoms with van der Waals surface area (Å²) in [5, 5.41) is 20.9. The van der Waals surface area contributed by atoms with Gasteiger partial charge in [-0.25, -0.2) is 0 Å². The second-order valence-electron chi connectivity index (χ2n) is 3.56. The van der Waals surface area contributed by atoms with Crippen molar-refractivity contribution in [1.29, 1.82) is 0 Å². The van der Waals surface area contributed by atoms with Gasteiger partial charge in [-0.1, -0.05) is 0 Å². The molecule has 3 N–H and O–H groups in total. The molecule has 1 aromatic rings. The van der Waals surface area contributed by atoms with Gasteiger partial charge in [-0.15, -0.1) is 0 Å². The Kier molecular flexibility index (Phi) is 5.26. The van der Waals surface area contributed by atoms with E-state index in [1.165, 1.54) is 26.4 Å². The Bertz CT molecular complexity index is 419. The summed E-state index contributed by atoms with van der Waals surface area (Å²) < 4.78 is 10.1. The number of rotatable bonds is 6. The summed E-state index contributed by atoms with van der Waals surface area (Å²) in [6.07, 6.45) is 0.458. The number of benzene rings is 1. The summed E-state index contributed by atoms with van der Waals surface area (Å²) in [4.78, 5) is 11.8. The van der Waals surface area contributed by atoms with E-state index in [0.29, 0.717) is 24.5 Å². The lowest BCUT2D eigenvalue weighted by Crippen LogP contribution is -2.25. The molecule has 0 heterocycles. The van der Waals surface area contributed by atoms with Gasteiger partial charge in [-0.05, 0) is 6.42 Å². The van der Waals surface area contributed by atoms with Crippen LogP contribution in [-0.4, -0.2) is 43.5 Å². The van der Waals surface area contributed by atoms with Crippen molar-refractivity contribution < 1.29 is 24.5 Å². The molecule has 0 atom stereocenters. The minimum Gasteiger partial charge on any atom is -0.507 e. The monoisotopic (exact) mass is 255 g/mol. The predicted molar refractivity (Wildman–Crippen MR) is 65.2 cm³/mol. The number of ether oxygens (including phenoxy) is 2. The maximum Gasteiger partial charge on any atom is 0.255 e. The molecular weight excluding hydrogens is 238 g/mol. The number of hydrogen-bond donors (Lipinski definition) is 3. The topological polar surface area (TPSA) is 88.0 Å². The molecule has 1 aromatic carbocycles. The number of hydrogen-bond acceptors (Lipinski definition) is 5. The lowest BCUT2D eigenvalue weighted by atomic mass is 10.1. The molecule has 0 bridgehead atoms. The molecule has 0 aliphatic carbocycles. The Morgan fingerprint density at radius 2 is 1.89 bits per heavy atom. The van der Waals surface area contributed by atoms with Gasteiger partial charge in [-0.2, -0.15) is 0 Å². The van der Waals surface area contributed by atoms with Crippen molar-refractivity contribution >= 4 is 5.91 Å². The number of aliphatic hydroxyl groups excluding tert-OH is 1. The fraction of sp³-hybridized carbons (Fsp3) is 0.417. The Morgan fingerprint density at radius 3 is 2.44 bits per heavy atom. The molecule has 0 spiro atoms. The van der Waals surface area contributed by atoms with Crippen LogP contribution in [0.25, 0.3) is 0 Å². The largest absolute Gasteiger partial charge is 0.507 e. The smallest absolute Gasteiger partial charge is 0.255 e. The van der Waals surface area contributed by atoms with Crippen LogP contribution in [0.3, 0.4) is 0 Å². The molecule has 1 amide bonds. The molecule has 100 valence electrons. The van der Waals surface area contributed by atoms with Gasteiger partial charge in [0.05, 0.1) is 19.8 Å². The van der Waals surface area contributed by atoms with E-state index >= 15 is 0 Å². The highest BCUT2D eigenvalue weighted by molar-refractivity contribution is 5.97. The van der Waals surface area contributed by atoms with Gasteiger partial charge < -0.3 is 25.0 Å². The number of aromatic hydroxyl groups is 1. The number of carbonyl (C=O) groups excluding carboxylic acids is 1. The molecule has 0 saturated carbocycles. The number of amides is 1. The Morgan fingerprint density at radius 1 is 1.28 bits per heavy atom. The van der Waals surface area contributed by atoms with Crippen LogP contribution in [0.5, 0.6) is 17.2 Å². The molecule has 0 aromatic heterocycles. The van der Waals surface area contributed by atoms with Gasteiger partial charge in [0.2, 0.25) is 0 Å². The summed E-state index contributed by atoms with van der Waals surface area (Å²) in [5.74, 6) is 0.0977. The Balaban J connectivity index is 2.91. The molecule has 6 heteroatoms. The van der Waals surface area contributed by atoms with E-state index in [9.17, 15) is 9.90 Å². The molecule has 0 saturated heterocycles. The van der Waals surface area contributed by atoms with Crippen molar-refractivity contribution in [1.82, 2.24) is 5.32 Å². The molecule has 0 aliphatic heterocycles. The van der Waals surface area contributed by atoms with E-state index in [1.807, 2.05) is 0 Å². The molecule has 0 unspecified atom stereocenters. The first-order chi connectivity index (χ1) is 8.63. The third-order valence-electron chi connectivity index (χ3n) is 2.37. The van der Waals surface area contributed by atoms with Crippen LogP contribution >= 0.6 is 0 Å². The third kappa shape index (κ3) is 3.27. The van der Waals surface area contributed by atoms with Gasteiger partial charge in [-0.3, -0.25) is 4.79 Å². The molecule has 18 heavy (non-hydrogen) atoms. The standard InChI is InChI=1S/C12H17NO5/c1-17-10-6-8(9(15)7-11(10)18-2)12(16)13-4-3-5-14/h6-7,14-15H,3-5H2,1-2H3,(H,13,16). The normalized spacial score (nSPS) is 9.94. The zero-order valence-electron chi connectivity index (χ0n) is 10.4. The van der Waals surface area contributed by atoms with Gasteiger partial charge in [0, 0.05) is 25.3 Å². The highest BCUT2D eigenvalue weighted by Crippen LogP contribution is 2.33. The van der Waals surface area contributed by atoms with E-state index in [1.54, 1.807) is 0 Å². The highest BCUT2D eigenvalue weighted by atomic mass is 16.5. The lowest BCUT2D eigenvalue weighted by Gasteiger charge is -2.11. The zero-order chi connectivity index (χ0) is 13.5. The maximum atomic E-state index is 11.8. The number of aliphatic hydroxyl groups is 1. The van der Waals surface area contributed by atoms with Crippen molar-refractivity contribution in [2.75, 3.05) is 27.4 Å². The Labute approximate surface area is 105 Å². The minimum atomic E-state index is -0.429. The van der Waals surface area contributed by atoms with Crippen LogP contribution in [0.15, 0.2) is 12.1 Å². The zero-order valence-corrected chi connectivity index (χ0v) is 10.4. The lowest BCUT2D eigenvalue weighted by molar-refractivity contribution is 0.0948. The highest BCUT2D eigenvalue weighted by Gasteiger charge is 2.15. The van der Waals surface area contributed by atoms with Crippen LogP contribution in [0, 0.1) is 0 Å². The fourth-order valence-corrected chi connectivity index (χ4v) is 1.43. The summed E-state index contributed by atoms with van der Waals surface area (Å²) >= 11 is 0.